The molecule has 2 rings (SSSR count). The highest BCUT2D eigenvalue weighted by Gasteiger charge is 2.23. The first-order valence-corrected chi connectivity index (χ1v) is 6.16. The molecule has 3 nitrogen and oxygen atoms in total. The molecule has 0 amide bonds. The molecule has 90 valence electrons. The molecule has 17 heavy (non-hydrogen) atoms. The van der Waals surface area contributed by atoms with Crippen molar-refractivity contribution in [3.63, 3.8) is 0 Å². The van der Waals surface area contributed by atoms with Gasteiger partial charge in [-0.25, -0.2) is 0 Å². The van der Waals surface area contributed by atoms with E-state index in [9.17, 15) is 5.11 Å². The topological polar surface area (TPSA) is 56.0 Å². The van der Waals surface area contributed by atoms with Gasteiger partial charge in [0.2, 0.25) is 0 Å². The minimum Gasteiger partial charge on any atom is -0.391 e. The summed E-state index contributed by atoms with van der Waals surface area (Å²) in [6.07, 6.45) is 3.77. The number of nitrogens with one attached hydrogen (secondary N) is 1. The normalized spacial score (nSPS) is 24.1. The van der Waals surface area contributed by atoms with Gasteiger partial charge in [0.05, 0.1) is 23.4 Å². The maximum atomic E-state index is 9.92. The molecule has 1 saturated carbocycles. The van der Waals surface area contributed by atoms with Crippen molar-refractivity contribution in [2.45, 2.75) is 44.8 Å². The molecule has 2 unspecified atom stereocenters. The van der Waals surface area contributed by atoms with Crippen LogP contribution in [0.1, 0.15) is 36.8 Å². The molecule has 0 radical (unpaired) electrons. The Kier molecular flexibility index (Phi) is 3.65. The summed E-state index contributed by atoms with van der Waals surface area (Å²) in [4.78, 5) is 0. The van der Waals surface area contributed by atoms with Crippen molar-refractivity contribution < 1.29 is 5.11 Å². The number of nitriles is 1. The van der Waals surface area contributed by atoms with Gasteiger partial charge in [0, 0.05) is 0 Å². The lowest BCUT2D eigenvalue weighted by molar-refractivity contribution is 0.116. The molecule has 1 aliphatic carbocycles. The van der Waals surface area contributed by atoms with Crippen LogP contribution in [-0.2, 0) is 0 Å². The number of benzene rings is 1. The fourth-order valence-corrected chi connectivity index (χ4v) is 2.35. The van der Waals surface area contributed by atoms with Crippen LogP contribution >= 0.6 is 0 Å². The van der Waals surface area contributed by atoms with Crippen LogP contribution in [0.25, 0.3) is 0 Å². The minimum absolute atomic E-state index is 0.0812. The van der Waals surface area contributed by atoms with E-state index in [4.69, 9.17) is 5.26 Å². The predicted molar refractivity (Wildman–Crippen MR) is 67.8 cm³/mol. The fraction of sp³-hybridized carbons (Fsp3) is 0.500. The zero-order valence-corrected chi connectivity index (χ0v) is 10.1. The lowest BCUT2D eigenvalue weighted by atomic mass is 9.92. The Labute approximate surface area is 102 Å². The van der Waals surface area contributed by atoms with Gasteiger partial charge in [-0.2, -0.15) is 5.26 Å². The largest absolute Gasteiger partial charge is 0.391 e. The maximum Gasteiger partial charge on any atom is 0.101 e. The highest BCUT2D eigenvalue weighted by molar-refractivity contribution is 5.59. The van der Waals surface area contributed by atoms with Crippen molar-refractivity contribution in [1.29, 1.82) is 5.26 Å². The zero-order valence-electron chi connectivity index (χ0n) is 10.1. The molecule has 0 saturated heterocycles. The van der Waals surface area contributed by atoms with E-state index in [2.05, 4.69) is 11.4 Å². The van der Waals surface area contributed by atoms with Gasteiger partial charge in [-0.05, 0) is 37.5 Å². The number of anilines is 1. The van der Waals surface area contributed by atoms with E-state index in [1.165, 1.54) is 0 Å². The van der Waals surface area contributed by atoms with Crippen LogP contribution < -0.4 is 5.32 Å². The van der Waals surface area contributed by atoms with Gasteiger partial charge in [-0.15, -0.1) is 0 Å². The molecule has 0 bridgehead atoms. The zero-order chi connectivity index (χ0) is 12.3. The monoisotopic (exact) mass is 230 g/mol. The number of hydrogen-bond acceptors (Lipinski definition) is 3. The molecule has 0 heterocycles. The quantitative estimate of drug-likeness (QED) is 0.821. The number of aliphatic hydroxyl groups is 1. The lowest BCUT2D eigenvalue weighted by Gasteiger charge is -2.29. The Bertz CT molecular complexity index is 436. The van der Waals surface area contributed by atoms with Crippen LogP contribution in [-0.4, -0.2) is 17.3 Å². The van der Waals surface area contributed by atoms with Gasteiger partial charge in [-0.3, -0.25) is 0 Å². The minimum atomic E-state index is -0.296. The van der Waals surface area contributed by atoms with E-state index < -0.39 is 0 Å². The fourth-order valence-electron chi connectivity index (χ4n) is 2.35. The standard InChI is InChI=1S/C14H18N2O/c1-10-6-7-11(9-15)13(8-10)16-12-4-2-3-5-14(12)17/h6-8,12,14,16-17H,2-5H2,1H3. The second-order valence-corrected chi connectivity index (χ2v) is 4.76. The van der Waals surface area contributed by atoms with Gasteiger partial charge in [0.1, 0.15) is 6.07 Å². The number of aliphatic hydroxyl groups excluding tert-OH is 1. The summed E-state index contributed by atoms with van der Waals surface area (Å²) in [5, 5.41) is 22.3. The van der Waals surface area contributed by atoms with Crippen LogP contribution in [0, 0.1) is 18.3 Å². The van der Waals surface area contributed by atoms with Gasteiger partial charge in [0.15, 0.2) is 0 Å². The van der Waals surface area contributed by atoms with E-state index in [-0.39, 0.29) is 12.1 Å². The van der Waals surface area contributed by atoms with Crippen LogP contribution in [0.15, 0.2) is 18.2 Å². The molecule has 0 aliphatic heterocycles. The molecular formula is C14H18N2O. The third-order valence-corrected chi connectivity index (χ3v) is 3.37. The van der Waals surface area contributed by atoms with Crippen molar-refractivity contribution in [2.75, 3.05) is 5.32 Å². The van der Waals surface area contributed by atoms with Crippen LogP contribution in [0.4, 0.5) is 5.69 Å². The predicted octanol–water partition coefficient (Wildman–Crippen LogP) is 2.58. The SMILES string of the molecule is Cc1ccc(C#N)c(NC2CCCCC2O)c1. The summed E-state index contributed by atoms with van der Waals surface area (Å²) in [5.74, 6) is 0. The molecule has 1 aromatic carbocycles. The van der Waals surface area contributed by atoms with Crippen molar-refractivity contribution in [3.8, 4) is 6.07 Å². The second kappa shape index (κ2) is 5.20. The Morgan fingerprint density at radius 2 is 2.12 bits per heavy atom. The number of aryl methyl sites for hydroxylation is 1. The first kappa shape index (κ1) is 11.9. The second-order valence-electron chi connectivity index (χ2n) is 4.76. The molecule has 1 fully saturated rings. The summed E-state index contributed by atoms with van der Waals surface area (Å²) < 4.78 is 0. The molecule has 2 atom stereocenters. The molecule has 1 aliphatic rings. The van der Waals surface area contributed by atoms with E-state index in [1.807, 2.05) is 25.1 Å². The molecule has 2 N–H and O–H groups in total. The van der Waals surface area contributed by atoms with Gasteiger partial charge < -0.3 is 10.4 Å². The van der Waals surface area contributed by atoms with Gasteiger partial charge in [0.25, 0.3) is 0 Å². The summed E-state index contributed by atoms with van der Waals surface area (Å²) in [7, 11) is 0. The Balaban J connectivity index is 2.17. The number of hydrogen-bond donors (Lipinski definition) is 2. The van der Waals surface area contributed by atoms with E-state index in [0.717, 1.165) is 36.9 Å². The molecule has 3 heteroatoms. The molecule has 0 spiro atoms. The Morgan fingerprint density at radius 3 is 2.82 bits per heavy atom. The van der Waals surface area contributed by atoms with E-state index in [0.29, 0.717) is 5.56 Å². The maximum absolute atomic E-state index is 9.92. The third kappa shape index (κ3) is 2.78. The summed E-state index contributed by atoms with van der Waals surface area (Å²) >= 11 is 0. The molecule has 0 aromatic heterocycles. The van der Waals surface area contributed by atoms with Crippen molar-refractivity contribution in [3.05, 3.63) is 29.3 Å². The average molecular weight is 230 g/mol. The first-order chi connectivity index (χ1) is 8.20. The van der Waals surface area contributed by atoms with Gasteiger partial charge >= 0.3 is 0 Å². The van der Waals surface area contributed by atoms with E-state index >= 15 is 0 Å². The highest BCUT2D eigenvalue weighted by atomic mass is 16.3. The van der Waals surface area contributed by atoms with Crippen LogP contribution in [0.2, 0.25) is 0 Å². The lowest BCUT2D eigenvalue weighted by Crippen LogP contribution is -2.36. The Morgan fingerprint density at radius 1 is 1.35 bits per heavy atom. The van der Waals surface area contributed by atoms with Crippen molar-refractivity contribution in [1.82, 2.24) is 0 Å². The Hall–Kier alpha value is -1.53. The number of rotatable bonds is 2. The van der Waals surface area contributed by atoms with Gasteiger partial charge in [-0.1, -0.05) is 18.9 Å². The first-order valence-electron chi connectivity index (χ1n) is 6.16. The summed E-state index contributed by atoms with van der Waals surface area (Å²) in [5.41, 5.74) is 2.61. The third-order valence-electron chi connectivity index (χ3n) is 3.37. The smallest absolute Gasteiger partial charge is 0.101 e. The molecular weight excluding hydrogens is 212 g/mol. The number of nitrogens with zero attached hydrogens (tertiary/aromatic N) is 1. The van der Waals surface area contributed by atoms with Crippen LogP contribution in [0.3, 0.4) is 0 Å². The average Bonchev–Trinajstić information content (AvgIpc) is 2.32. The summed E-state index contributed by atoms with van der Waals surface area (Å²) in [6.45, 7) is 2.00. The summed E-state index contributed by atoms with van der Waals surface area (Å²) in [6, 6.07) is 7.99. The molecule has 1 aromatic rings. The van der Waals surface area contributed by atoms with Crippen molar-refractivity contribution >= 4 is 5.69 Å². The van der Waals surface area contributed by atoms with Crippen molar-refractivity contribution in [2.24, 2.45) is 0 Å². The van der Waals surface area contributed by atoms with E-state index in [1.54, 1.807) is 0 Å². The highest BCUT2D eigenvalue weighted by Crippen LogP contribution is 2.24. The van der Waals surface area contributed by atoms with Crippen LogP contribution in [0.5, 0.6) is 0 Å².